The third-order valence-electron chi connectivity index (χ3n) is 2.46. The van der Waals surface area contributed by atoms with Crippen molar-refractivity contribution in [2.24, 2.45) is 0 Å². The van der Waals surface area contributed by atoms with Crippen LogP contribution in [0.3, 0.4) is 0 Å². The molecule has 0 atom stereocenters. The Hall–Kier alpha value is -1.59. The van der Waals surface area contributed by atoms with Crippen molar-refractivity contribution in [3.63, 3.8) is 0 Å². The summed E-state index contributed by atoms with van der Waals surface area (Å²) < 4.78 is 4.83. The number of esters is 1. The van der Waals surface area contributed by atoms with E-state index in [9.17, 15) is 14.4 Å². The highest BCUT2D eigenvalue weighted by molar-refractivity contribution is 5.77. The number of rotatable bonds is 9. The van der Waals surface area contributed by atoms with E-state index in [1.807, 2.05) is 6.92 Å². The highest BCUT2D eigenvalue weighted by atomic mass is 16.5. The van der Waals surface area contributed by atoms with Crippen LogP contribution in [0.2, 0.25) is 0 Å². The minimum Gasteiger partial charge on any atom is -0.466 e. The molecular formula is C13H24N2O4. The number of carbonyl (C=O) groups is 3. The van der Waals surface area contributed by atoms with E-state index < -0.39 is 0 Å². The third kappa shape index (κ3) is 9.04. The average Bonchev–Trinajstić information content (AvgIpc) is 2.33. The molecule has 0 aromatic heterocycles. The van der Waals surface area contributed by atoms with Gasteiger partial charge in [0.1, 0.15) is 0 Å². The van der Waals surface area contributed by atoms with Crippen molar-refractivity contribution in [2.75, 3.05) is 26.2 Å². The van der Waals surface area contributed by atoms with Crippen LogP contribution in [0.15, 0.2) is 0 Å². The zero-order valence-corrected chi connectivity index (χ0v) is 12.0. The van der Waals surface area contributed by atoms with E-state index in [0.29, 0.717) is 32.7 Å². The van der Waals surface area contributed by atoms with Crippen LogP contribution >= 0.6 is 0 Å². The average molecular weight is 272 g/mol. The highest BCUT2D eigenvalue weighted by Crippen LogP contribution is 2.00. The zero-order chi connectivity index (χ0) is 14.7. The molecule has 0 radical (unpaired) electrons. The first kappa shape index (κ1) is 17.4. The monoisotopic (exact) mass is 272 g/mol. The molecule has 0 bridgehead atoms. The molecular weight excluding hydrogens is 248 g/mol. The molecule has 0 aromatic rings. The molecule has 0 rings (SSSR count). The van der Waals surface area contributed by atoms with Gasteiger partial charge in [0.25, 0.3) is 0 Å². The molecule has 6 nitrogen and oxygen atoms in total. The van der Waals surface area contributed by atoms with Gasteiger partial charge in [0.05, 0.1) is 13.0 Å². The Labute approximate surface area is 114 Å². The molecule has 6 heteroatoms. The SMILES string of the molecule is CCCC(=O)N(CCNC(C)=O)CCC(=O)OCC. The second-order valence-electron chi connectivity index (χ2n) is 4.17. The molecule has 0 aromatic carbocycles. The Morgan fingerprint density at radius 3 is 2.32 bits per heavy atom. The first-order chi connectivity index (χ1) is 9.01. The zero-order valence-electron chi connectivity index (χ0n) is 12.0. The first-order valence-electron chi connectivity index (χ1n) is 6.69. The summed E-state index contributed by atoms with van der Waals surface area (Å²) in [4.78, 5) is 35.5. The summed E-state index contributed by atoms with van der Waals surface area (Å²) in [6, 6.07) is 0. The van der Waals surface area contributed by atoms with E-state index in [1.54, 1.807) is 11.8 Å². The second kappa shape index (κ2) is 10.3. The van der Waals surface area contributed by atoms with Crippen LogP contribution in [0, 0.1) is 0 Å². The number of nitrogens with zero attached hydrogens (tertiary/aromatic N) is 1. The molecule has 19 heavy (non-hydrogen) atoms. The predicted molar refractivity (Wildman–Crippen MR) is 71.4 cm³/mol. The van der Waals surface area contributed by atoms with Gasteiger partial charge < -0.3 is 15.0 Å². The van der Waals surface area contributed by atoms with Crippen LogP contribution in [0.25, 0.3) is 0 Å². The van der Waals surface area contributed by atoms with Crippen LogP contribution in [0.4, 0.5) is 0 Å². The molecule has 1 N–H and O–H groups in total. The lowest BCUT2D eigenvalue weighted by Crippen LogP contribution is -2.39. The number of carbonyl (C=O) groups excluding carboxylic acids is 3. The summed E-state index contributed by atoms with van der Waals surface area (Å²) in [7, 11) is 0. The van der Waals surface area contributed by atoms with Crippen molar-refractivity contribution in [2.45, 2.75) is 40.0 Å². The summed E-state index contributed by atoms with van der Waals surface area (Å²) in [5.74, 6) is -0.443. The smallest absolute Gasteiger partial charge is 0.307 e. The normalized spacial score (nSPS) is 9.84. The van der Waals surface area contributed by atoms with Gasteiger partial charge in [-0.05, 0) is 13.3 Å². The molecule has 0 aliphatic rings. The number of amides is 2. The second-order valence-corrected chi connectivity index (χ2v) is 4.17. The molecule has 0 aliphatic heterocycles. The molecule has 0 unspecified atom stereocenters. The first-order valence-corrected chi connectivity index (χ1v) is 6.69. The van der Waals surface area contributed by atoms with E-state index in [2.05, 4.69) is 5.32 Å². The fraction of sp³-hybridized carbons (Fsp3) is 0.769. The van der Waals surface area contributed by atoms with Gasteiger partial charge >= 0.3 is 5.97 Å². The molecule has 0 saturated carbocycles. The van der Waals surface area contributed by atoms with Crippen LogP contribution in [0.5, 0.6) is 0 Å². The molecule has 0 aliphatic carbocycles. The van der Waals surface area contributed by atoms with E-state index in [0.717, 1.165) is 6.42 Å². The van der Waals surface area contributed by atoms with Crippen molar-refractivity contribution in [3.8, 4) is 0 Å². The fourth-order valence-corrected chi connectivity index (χ4v) is 1.56. The van der Waals surface area contributed by atoms with Crippen LogP contribution in [-0.2, 0) is 19.1 Å². The van der Waals surface area contributed by atoms with E-state index in [4.69, 9.17) is 4.74 Å². The van der Waals surface area contributed by atoms with E-state index in [-0.39, 0.29) is 24.2 Å². The Morgan fingerprint density at radius 2 is 1.79 bits per heavy atom. The molecule has 0 saturated heterocycles. The molecule has 0 spiro atoms. The van der Waals surface area contributed by atoms with Crippen LogP contribution in [0.1, 0.15) is 40.0 Å². The van der Waals surface area contributed by atoms with Gasteiger partial charge in [0.15, 0.2) is 0 Å². The van der Waals surface area contributed by atoms with Gasteiger partial charge in [-0.3, -0.25) is 14.4 Å². The maximum atomic E-state index is 11.9. The molecule has 110 valence electrons. The maximum absolute atomic E-state index is 11.9. The highest BCUT2D eigenvalue weighted by Gasteiger charge is 2.14. The van der Waals surface area contributed by atoms with Crippen molar-refractivity contribution in [1.82, 2.24) is 10.2 Å². The number of hydrogen-bond acceptors (Lipinski definition) is 4. The van der Waals surface area contributed by atoms with Crippen molar-refractivity contribution >= 4 is 17.8 Å². The Kier molecular flexibility index (Phi) is 9.48. The topological polar surface area (TPSA) is 75.7 Å². The molecule has 0 heterocycles. The van der Waals surface area contributed by atoms with Gasteiger partial charge in [0, 0.05) is 33.0 Å². The summed E-state index contributed by atoms with van der Waals surface area (Å²) in [6.45, 7) is 6.58. The summed E-state index contributed by atoms with van der Waals surface area (Å²) in [5.41, 5.74) is 0. The van der Waals surface area contributed by atoms with Crippen molar-refractivity contribution < 1.29 is 19.1 Å². The third-order valence-corrected chi connectivity index (χ3v) is 2.46. The summed E-state index contributed by atoms with van der Waals surface area (Å²) >= 11 is 0. The lowest BCUT2D eigenvalue weighted by molar-refractivity contribution is -0.144. The standard InChI is InChI=1S/C13H24N2O4/c1-4-6-12(17)15(10-8-14-11(3)16)9-7-13(18)19-5-2/h4-10H2,1-3H3,(H,14,16). The Morgan fingerprint density at radius 1 is 1.11 bits per heavy atom. The van der Waals surface area contributed by atoms with Gasteiger partial charge in [-0.1, -0.05) is 6.92 Å². The van der Waals surface area contributed by atoms with Gasteiger partial charge in [-0.15, -0.1) is 0 Å². The molecule has 0 fully saturated rings. The fourth-order valence-electron chi connectivity index (χ4n) is 1.56. The number of ether oxygens (including phenoxy) is 1. The van der Waals surface area contributed by atoms with Crippen LogP contribution in [-0.4, -0.2) is 48.9 Å². The Balaban J connectivity index is 4.20. The van der Waals surface area contributed by atoms with Crippen molar-refractivity contribution in [1.29, 1.82) is 0 Å². The molecule has 2 amide bonds. The largest absolute Gasteiger partial charge is 0.466 e. The lowest BCUT2D eigenvalue weighted by Gasteiger charge is -2.22. The summed E-state index contributed by atoms with van der Waals surface area (Å²) in [6.07, 6.45) is 1.39. The summed E-state index contributed by atoms with van der Waals surface area (Å²) in [5, 5.41) is 2.64. The quantitative estimate of drug-likeness (QED) is 0.627. The van der Waals surface area contributed by atoms with E-state index >= 15 is 0 Å². The van der Waals surface area contributed by atoms with Gasteiger partial charge in [-0.2, -0.15) is 0 Å². The maximum Gasteiger partial charge on any atom is 0.307 e. The Bertz CT molecular complexity index is 305. The van der Waals surface area contributed by atoms with Crippen LogP contribution < -0.4 is 5.32 Å². The van der Waals surface area contributed by atoms with E-state index in [1.165, 1.54) is 6.92 Å². The number of hydrogen-bond donors (Lipinski definition) is 1. The van der Waals surface area contributed by atoms with Gasteiger partial charge in [-0.25, -0.2) is 0 Å². The minimum absolute atomic E-state index is 0.00264. The lowest BCUT2D eigenvalue weighted by atomic mass is 10.2. The predicted octanol–water partition coefficient (Wildman–Crippen LogP) is 0.704. The minimum atomic E-state index is -0.309. The number of nitrogens with one attached hydrogen (secondary N) is 1. The van der Waals surface area contributed by atoms with Gasteiger partial charge in [0.2, 0.25) is 11.8 Å². The van der Waals surface area contributed by atoms with Crippen molar-refractivity contribution in [3.05, 3.63) is 0 Å².